The summed E-state index contributed by atoms with van der Waals surface area (Å²) in [6.07, 6.45) is 3.11. The van der Waals surface area contributed by atoms with E-state index in [9.17, 15) is 9.59 Å². The number of pyridine rings is 1. The summed E-state index contributed by atoms with van der Waals surface area (Å²) in [6.45, 7) is 0. The first kappa shape index (κ1) is 19.2. The second-order valence-corrected chi connectivity index (χ2v) is 6.70. The van der Waals surface area contributed by atoms with Gasteiger partial charge in [0.1, 0.15) is 0 Å². The minimum Gasteiger partial charge on any atom is -0.322 e. The van der Waals surface area contributed by atoms with E-state index in [1.165, 1.54) is 30.5 Å². The molecule has 0 saturated heterocycles. The lowest BCUT2D eigenvalue weighted by molar-refractivity contribution is 0.101. The van der Waals surface area contributed by atoms with Crippen LogP contribution >= 0.6 is 34.8 Å². The van der Waals surface area contributed by atoms with Gasteiger partial charge < -0.3 is 10.6 Å². The molecule has 0 fully saturated rings. The Labute approximate surface area is 170 Å². The van der Waals surface area contributed by atoms with Crippen molar-refractivity contribution in [3.63, 3.8) is 0 Å². The number of rotatable bonds is 4. The van der Waals surface area contributed by atoms with Gasteiger partial charge in [0.15, 0.2) is 0 Å². The zero-order chi connectivity index (χ0) is 19.4. The van der Waals surface area contributed by atoms with Gasteiger partial charge in [0, 0.05) is 17.4 Å². The quantitative estimate of drug-likeness (QED) is 0.581. The Hall–Kier alpha value is -2.60. The van der Waals surface area contributed by atoms with E-state index >= 15 is 0 Å². The van der Waals surface area contributed by atoms with Gasteiger partial charge in [-0.2, -0.15) is 0 Å². The van der Waals surface area contributed by atoms with Gasteiger partial charge in [-0.1, -0.05) is 34.8 Å². The van der Waals surface area contributed by atoms with Crippen LogP contribution < -0.4 is 10.6 Å². The molecule has 0 aliphatic heterocycles. The molecule has 2 aromatic carbocycles. The molecular weight excluding hydrogens is 409 g/mol. The van der Waals surface area contributed by atoms with E-state index in [0.29, 0.717) is 22.0 Å². The van der Waals surface area contributed by atoms with Gasteiger partial charge in [-0.3, -0.25) is 14.6 Å². The summed E-state index contributed by atoms with van der Waals surface area (Å²) in [5, 5.41) is 6.28. The molecule has 0 saturated carbocycles. The third-order valence-corrected chi connectivity index (χ3v) is 4.64. The lowest BCUT2D eigenvalue weighted by Gasteiger charge is -2.10. The number of benzene rings is 2. The molecule has 136 valence electrons. The Kier molecular flexibility index (Phi) is 5.96. The van der Waals surface area contributed by atoms with E-state index in [-0.39, 0.29) is 15.6 Å². The lowest BCUT2D eigenvalue weighted by atomic mass is 10.1. The Morgan fingerprint density at radius 1 is 0.778 bits per heavy atom. The topological polar surface area (TPSA) is 71.1 Å². The van der Waals surface area contributed by atoms with Crippen molar-refractivity contribution in [3.8, 4) is 0 Å². The molecule has 0 radical (unpaired) electrons. The number of anilines is 2. The first-order valence-corrected chi connectivity index (χ1v) is 8.85. The van der Waals surface area contributed by atoms with Gasteiger partial charge in [-0.05, 0) is 48.5 Å². The van der Waals surface area contributed by atoms with Crippen molar-refractivity contribution >= 4 is 58.0 Å². The summed E-state index contributed by atoms with van der Waals surface area (Å²) in [4.78, 5) is 28.8. The van der Waals surface area contributed by atoms with Crippen molar-refractivity contribution in [1.29, 1.82) is 0 Å². The number of aromatic nitrogens is 1. The normalized spacial score (nSPS) is 10.3. The van der Waals surface area contributed by atoms with E-state index in [1.54, 1.807) is 30.5 Å². The van der Waals surface area contributed by atoms with Gasteiger partial charge in [0.05, 0.1) is 32.5 Å². The molecule has 2 N–H and O–H groups in total. The average molecular weight is 421 g/mol. The maximum absolute atomic E-state index is 12.5. The van der Waals surface area contributed by atoms with Gasteiger partial charge >= 0.3 is 0 Å². The van der Waals surface area contributed by atoms with E-state index < -0.39 is 11.8 Å². The lowest BCUT2D eigenvalue weighted by Crippen LogP contribution is -2.15. The van der Waals surface area contributed by atoms with Gasteiger partial charge in [0.25, 0.3) is 11.8 Å². The molecule has 0 unspecified atom stereocenters. The van der Waals surface area contributed by atoms with Crippen molar-refractivity contribution in [3.05, 3.63) is 87.1 Å². The van der Waals surface area contributed by atoms with Crippen LogP contribution in [-0.4, -0.2) is 16.8 Å². The highest BCUT2D eigenvalue weighted by molar-refractivity contribution is 6.42. The fourth-order valence-electron chi connectivity index (χ4n) is 2.25. The van der Waals surface area contributed by atoms with Crippen LogP contribution in [0.4, 0.5) is 11.4 Å². The standard InChI is InChI=1S/C19H12Cl3N3O2/c20-15-6-4-12(24-18(26)11-3-5-16(21)17(22)8-11)9-14(15)19(27)25-13-2-1-7-23-10-13/h1-10H,(H,24,26)(H,25,27). The van der Waals surface area contributed by atoms with Crippen molar-refractivity contribution in [2.75, 3.05) is 10.6 Å². The van der Waals surface area contributed by atoms with Gasteiger partial charge in [-0.25, -0.2) is 0 Å². The zero-order valence-corrected chi connectivity index (χ0v) is 15.9. The fourth-order valence-corrected chi connectivity index (χ4v) is 2.75. The van der Waals surface area contributed by atoms with Crippen molar-refractivity contribution in [2.45, 2.75) is 0 Å². The van der Waals surface area contributed by atoms with E-state index in [4.69, 9.17) is 34.8 Å². The zero-order valence-electron chi connectivity index (χ0n) is 13.7. The fraction of sp³-hybridized carbons (Fsp3) is 0. The Morgan fingerprint density at radius 3 is 2.22 bits per heavy atom. The van der Waals surface area contributed by atoms with Crippen LogP contribution in [0, 0.1) is 0 Å². The summed E-state index contributed by atoms with van der Waals surface area (Å²) in [5.74, 6) is -0.812. The largest absolute Gasteiger partial charge is 0.322 e. The van der Waals surface area contributed by atoms with Crippen LogP contribution in [0.5, 0.6) is 0 Å². The molecule has 0 spiro atoms. The molecule has 3 rings (SSSR count). The molecule has 3 aromatic rings. The summed E-state index contributed by atoms with van der Waals surface area (Å²) in [7, 11) is 0. The number of carbonyl (C=O) groups is 2. The molecule has 2 amide bonds. The first-order valence-electron chi connectivity index (χ1n) is 7.71. The maximum atomic E-state index is 12.5. The molecule has 1 aromatic heterocycles. The van der Waals surface area contributed by atoms with Gasteiger partial charge in [0.2, 0.25) is 0 Å². The second-order valence-electron chi connectivity index (χ2n) is 5.47. The Balaban J connectivity index is 1.79. The molecular formula is C19H12Cl3N3O2. The van der Waals surface area contributed by atoms with E-state index in [2.05, 4.69) is 15.6 Å². The monoisotopic (exact) mass is 419 g/mol. The Bertz CT molecular complexity index is 1010. The molecule has 0 aliphatic rings. The molecule has 1 heterocycles. The number of nitrogens with one attached hydrogen (secondary N) is 2. The molecule has 5 nitrogen and oxygen atoms in total. The predicted octanol–water partition coefficient (Wildman–Crippen LogP) is 5.55. The third-order valence-electron chi connectivity index (χ3n) is 3.57. The number of halogens is 3. The van der Waals surface area contributed by atoms with Crippen molar-refractivity contribution < 1.29 is 9.59 Å². The number of nitrogens with zero attached hydrogens (tertiary/aromatic N) is 1. The number of hydrogen-bond acceptors (Lipinski definition) is 3. The van der Waals surface area contributed by atoms with Crippen LogP contribution in [0.3, 0.4) is 0 Å². The van der Waals surface area contributed by atoms with Crippen LogP contribution in [-0.2, 0) is 0 Å². The van der Waals surface area contributed by atoms with Gasteiger partial charge in [-0.15, -0.1) is 0 Å². The minimum absolute atomic E-state index is 0.215. The predicted molar refractivity (Wildman–Crippen MR) is 108 cm³/mol. The van der Waals surface area contributed by atoms with Crippen LogP contribution in [0.25, 0.3) is 0 Å². The summed E-state index contributed by atoms with van der Waals surface area (Å²) in [6, 6.07) is 12.6. The molecule has 27 heavy (non-hydrogen) atoms. The summed E-state index contributed by atoms with van der Waals surface area (Å²) < 4.78 is 0. The molecule has 0 atom stereocenters. The summed E-state index contributed by atoms with van der Waals surface area (Å²) >= 11 is 17.9. The average Bonchev–Trinajstić information content (AvgIpc) is 2.66. The Morgan fingerprint density at radius 2 is 1.52 bits per heavy atom. The SMILES string of the molecule is O=C(Nc1ccc(Cl)c(C(=O)Nc2cccnc2)c1)c1ccc(Cl)c(Cl)c1. The summed E-state index contributed by atoms with van der Waals surface area (Å²) in [5.41, 5.74) is 1.49. The van der Waals surface area contributed by atoms with Crippen molar-refractivity contribution in [1.82, 2.24) is 4.98 Å². The second kappa shape index (κ2) is 8.39. The van der Waals surface area contributed by atoms with Crippen molar-refractivity contribution in [2.24, 2.45) is 0 Å². The number of carbonyl (C=O) groups excluding carboxylic acids is 2. The molecule has 8 heteroatoms. The maximum Gasteiger partial charge on any atom is 0.257 e. The first-order chi connectivity index (χ1) is 12.9. The van der Waals surface area contributed by atoms with Crippen LogP contribution in [0.15, 0.2) is 60.9 Å². The highest BCUT2D eigenvalue weighted by Crippen LogP contribution is 2.25. The number of amides is 2. The highest BCUT2D eigenvalue weighted by atomic mass is 35.5. The third kappa shape index (κ3) is 4.77. The smallest absolute Gasteiger partial charge is 0.257 e. The van der Waals surface area contributed by atoms with E-state index in [0.717, 1.165) is 0 Å². The van der Waals surface area contributed by atoms with Crippen LogP contribution in [0.2, 0.25) is 15.1 Å². The van der Waals surface area contributed by atoms with Crippen LogP contribution in [0.1, 0.15) is 20.7 Å². The molecule has 0 aliphatic carbocycles. The van der Waals surface area contributed by atoms with E-state index in [1.807, 2.05) is 0 Å². The minimum atomic E-state index is -0.418. The number of hydrogen-bond donors (Lipinski definition) is 2. The molecule has 0 bridgehead atoms. The highest BCUT2D eigenvalue weighted by Gasteiger charge is 2.14.